The number of aryl methyl sites for hydroxylation is 2. The van der Waals surface area contributed by atoms with Gasteiger partial charge in [-0.2, -0.15) is 0 Å². The van der Waals surface area contributed by atoms with Gasteiger partial charge in [0.2, 0.25) is 0 Å². The normalized spacial score (nSPS) is 12.0. The highest BCUT2D eigenvalue weighted by Crippen LogP contribution is 2.19. The predicted octanol–water partition coefficient (Wildman–Crippen LogP) is 2.84. The second-order valence-corrected chi connectivity index (χ2v) is 6.30. The quantitative estimate of drug-likeness (QED) is 0.523. The topological polar surface area (TPSA) is 86.2 Å². The molecule has 2 aromatic carbocycles. The standard InChI is InChI=1S/C15H16N2O3S/c1-11-2-7-15(14(16)10-11)21(20)9-8-12-3-5-13(6-4-12)17(18)19/h2-7,10H,8-9,16H2,1H3. The van der Waals surface area contributed by atoms with Gasteiger partial charge in [-0.1, -0.05) is 18.2 Å². The number of rotatable bonds is 5. The molecule has 6 heteroatoms. The Balaban J connectivity index is 2.02. The van der Waals surface area contributed by atoms with E-state index in [0.717, 1.165) is 11.1 Å². The highest BCUT2D eigenvalue weighted by molar-refractivity contribution is 7.85. The summed E-state index contributed by atoms with van der Waals surface area (Å²) in [6.45, 7) is 1.93. The third-order valence-electron chi connectivity index (χ3n) is 3.13. The zero-order valence-electron chi connectivity index (χ0n) is 11.6. The van der Waals surface area contributed by atoms with Gasteiger partial charge >= 0.3 is 0 Å². The molecule has 0 heterocycles. The summed E-state index contributed by atoms with van der Waals surface area (Å²) in [7, 11) is -1.18. The van der Waals surface area contributed by atoms with Gasteiger partial charge < -0.3 is 5.73 Å². The Morgan fingerprint density at radius 2 is 1.86 bits per heavy atom. The molecule has 110 valence electrons. The Hall–Kier alpha value is -2.21. The molecule has 0 fully saturated rings. The molecular formula is C15H16N2O3S. The zero-order valence-corrected chi connectivity index (χ0v) is 12.4. The smallest absolute Gasteiger partial charge is 0.269 e. The van der Waals surface area contributed by atoms with Gasteiger partial charge in [0.25, 0.3) is 5.69 Å². The fourth-order valence-electron chi connectivity index (χ4n) is 1.98. The second-order valence-electron chi connectivity index (χ2n) is 4.76. The van der Waals surface area contributed by atoms with E-state index < -0.39 is 15.7 Å². The van der Waals surface area contributed by atoms with Crippen molar-refractivity contribution in [1.82, 2.24) is 0 Å². The molecule has 0 radical (unpaired) electrons. The molecule has 2 aromatic rings. The van der Waals surface area contributed by atoms with E-state index in [1.54, 1.807) is 24.3 Å². The summed E-state index contributed by atoms with van der Waals surface area (Å²) >= 11 is 0. The van der Waals surface area contributed by atoms with E-state index in [1.807, 2.05) is 13.0 Å². The van der Waals surface area contributed by atoms with E-state index in [0.29, 0.717) is 22.8 Å². The lowest BCUT2D eigenvalue weighted by molar-refractivity contribution is -0.384. The van der Waals surface area contributed by atoms with Crippen LogP contribution in [0.4, 0.5) is 11.4 Å². The first-order valence-electron chi connectivity index (χ1n) is 6.45. The van der Waals surface area contributed by atoms with Crippen LogP contribution in [0.2, 0.25) is 0 Å². The summed E-state index contributed by atoms with van der Waals surface area (Å²) in [5, 5.41) is 10.6. The number of nitrogen functional groups attached to an aromatic ring is 1. The molecule has 0 amide bonds. The Kier molecular flexibility index (Phi) is 4.70. The molecule has 0 spiro atoms. The monoisotopic (exact) mass is 304 g/mol. The first-order chi connectivity index (χ1) is 9.97. The van der Waals surface area contributed by atoms with Crippen LogP contribution in [0.5, 0.6) is 0 Å². The van der Waals surface area contributed by atoms with Crippen LogP contribution in [0.15, 0.2) is 47.4 Å². The van der Waals surface area contributed by atoms with Crippen LogP contribution in [0.25, 0.3) is 0 Å². The number of non-ortho nitro benzene ring substituents is 1. The van der Waals surface area contributed by atoms with Gasteiger partial charge in [0.1, 0.15) is 0 Å². The van der Waals surface area contributed by atoms with Gasteiger partial charge in [0, 0.05) is 23.6 Å². The zero-order chi connectivity index (χ0) is 15.4. The third kappa shape index (κ3) is 3.88. The molecule has 0 aromatic heterocycles. The number of nitro benzene ring substituents is 1. The number of hydrogen-bond donors (Lipinski definition) is 1. The van der Waals surface area contributed by atoms with Crippen LogP contribution in [0.1, 0.15) is 11.1 Å². The van der Waals surface area contributed by atoms with E-state index in [2.05, 4.69) is 0 Å². The molecule has 2 rings (SSSR count). The van der Waals surface area contributed by atoms with Crippen molar-refractivity contribution in [2.24, 2.45) is 0 Å². The largest absolute Gasteiger partial charge is 0.398 e. The minimum Gasteiger partial charge on any atom is -0.398 e. The van der Waals surface area contributed by atoms with E-state index >= 15 is 0 Å². The van der Waals surface area contributed by atoms with Crippen LogP contribution >= 0.6 is 0 Å². The lowest BCUT2D eigenvalue weighted by Gasteiger charge is -2.07. The number of nitrogens with two attached hydrogens (primary N) is 1. The first kappa shape index (κ1) is 15.2. The second kappa shape index (κ2) is 6.49. The van der Waals surface area contributed by atoms with Crippen molar-refractivity contribution in [1.29, 1.82) is 0 Å². The van der Waals surface area contributed by atoms with Gasteiger partial charge in [-0.15, -0.1) is 0 Å². The van der Waals surface area contributed by atoms with Crippen LogP contribution < -0.4 is 5.73 Å². The van der Waals surface area contributed by atoms with Gasteiger partial charge in [0.15, 0.2) is 0 Å². The average Bonchev–Trinajstić information content (AvgIpc) is 2.45. The predicted molar refractivity (Wildman–Crippen MR) is 83.7 cm³/mol. The van der Waals surface area contributed by atoms with Crippen molar-refractivity contribution in [3.05, 3.63) is 63.7 Å². The maximum atomic E-state index is 12.2. The Morgan fingerprint density at radius 3 is 2.43 bits per heavy atom. The van der Waals surface area contributed by atoms with Crippen molar-refractivity contribution < 1.29 is 9.13 Å². The molecule has 2 N–H and O–H groups in total. The van der Waals surface area contributed by atoms with Crippen molar-refractivity contribution in [2.75, 3.05) is 11.5 Å². The van der Waals surface area contributed by atoms with E-state index in [9.17, 15) is 14.3 Å². The van der Waals surface area contributed by atoms with Gasteiger partial charge in [-0.05, 0) is 36.6 Å². The molecule has 5 nitrogen and oxygen atoms in total. The highest BCUT2D eigenvalue weighted by Gasteiger charge is 2.09. The lowest BCUT2D eigenvalue weighted by atomic mass is 10.1. The van der Waals surface area contributed by atoms with E-state index in [-0.39, 0.29) is 5.69 Å². The minimum absolute atomic E-state index is 0.0580. The lowest BCUT2D eigenvalue weighted by Crippen LogP contribution is -2.05. The number of hydrogen-bond acceptors (Lipinski definition) is 4. The summed E-state index contributed by atoms with van der Waals surface area (Å²) < 4.78 is 12.2. The maximum Gasteiger partial charge on any atom is 0.269 e. The molecule has 21 heavy (non-hydrogen) atoms. The fourth-order valence-corrected chi connectivity index (χ4v) is 3.16. The molecule has 0 saturated carbocycles. The summed E-state index contributed by atoms with van der Waals surface area (Å²) in [5.41, 5.74) is 8.42. The van der Waals surface area contributed by atoms with Crippen molar-refractivity contribution in [3.8, 4) is 0 Å². The summed E-state index contributed by atoms with van der Waals surface area (Å²) in [6, 6.07) is 11.8. The molecule has 0 aliphatic heterocycles. The molecule has 0 saturated heterocycles. The highest BCUT2D eigenvalue weighted by atomic mass is 32.2. The maximum absolute atomic E-state index is 12.2. The van der Waals surface area contributed by atoms with E-state index in [1.165, 1.54) is 12.1 Å². The SMILES string of the molecule is Cc1ccc(S(=O)CCc2ccc([N+](=O)[O-])cc2)c(N)c1. The molecule has 0 aliphatic rings. The van der Waals surface area contributed by atoms with Crippen molar-refractivity contribution >= 4 is 22.2 Å². The van der Waals surface area contributed by atoms with Crippen LogP contribution in [0.3, 0.4) is 0 Å². The fraction of sp³-hybridized carbons (Fsp3) is 0.200. The number of benzene rings is 2. The number of nitrogens with zero attached hydrogens (tertiary/aromatic N) is 1. The molecule has 1 unspecified atom stereocenters. The number of anilines is 1. The average molecular weight is 304 g/mol. The first-order valence-corrected chi connectivity index (χ1v) is 7.77. The summed E-state index contributed by atoms with van der Waals surface area (Å²) in [4.78, 5) is 10.8. The molecule has 1 atom stereocenters. The molecule has 0 aliphatic carbocycles. The van der Waals surface area contributed by atoms with Gasteiger partial charge in [0.05, 0.1) is 20.6 Å². The van der Waals surface area contributed by atoms with Crippen LogP contribution in [-0.2, 0) is 17.2 Å². The Morgan fingerprint density at radius 1 is 1.19 bits per heavy atom. The van der Waals surface area contributed by atoms with Crippen molar-refractivity contribution in [2.45, 2.75) is 18.2 Å². The van der Waals surface area contributed by atoms with E-state index in [4.69, 9.17) is 5.73 Å². The molecule has 0 bridgehead atoms. The summed E-state index contributed by atoms with van der Waals surface area (Å²) in [6.07, 6.45) is 0.581. The molecular weight excluding hydrogens is 288 g/mol. The Labute approximate surface area is 125 Å². The minimum atomic E-state index is -1.18. The number of nitro groups is 1. The van der Waals surface area contributed by atoms with Crippen LogP contribution in [-0.4, -0.2) is 14.9 Å². The van der Waals surface area contributed by atoms with Crippen molar-refractivity contribution in [3.63, 3.8) is 0 Å². The Bertz CT molecular complexity index is 684. The van der Waals surface area contributed by atoms with Gasteiger partial charge in [-0.25, -0.2) is 0 Å². The van der Waals surface area contributed by atoms with Crippen LogP contribution in [0, 0.1) is 17.0 Å². The van der Waals surface area contributed by atoms with Gasteiger partial charge in [-0.3, -0.25) is 14.3 Å². The summed E-state index contributed by atoms with van der Waals surface area (Å²) in [5.74, 6) is 0.436. The third-order valence-corrected chi connectivity index (χ3v) is 4.57.